The topological polar surface area (TPSA) is 64.3 Å². The number of carboxylic acids is 1. The molecule has 39 heavy (non-hydrogen) atoms. The fourth-order valence-corrected chi connectivity index (χ4v) is 5.29. The SMILES string of the molecule is Cc1ccc(N(c2ccc(C)cc2)c2ccc(-c3ccc(-c4ccc(C=C(C#N)C(=O)O)s4)cc3)cc2)cc1. The average molecular weight is 527 g/mol. The van der Waals surface area contributed by atoms with Crippen LogP contribution in [0.5, 0.6) is 0 Å². The van der Waals surface area contributed by atoms with Gasteiger partial charge < -0.3 is 10.0 Å². The molecule has 0 saturated heterocycles. The summed E-state index contributed by atoms with van der Waals surface area (Å²) in [7, 11) is 0. The van der Waals surface area contributed by atoms with Crippen LogP contribution in [0.2, 0.25) is 0 Å². The van der Waals surface area contributed by atoms with Gasteiger partial charge in [0.1, 0.15) is 11.6 Å². The van der Waals surface area contributed by atoms with E-state index in [1.165, 1.54) is 28.5 Å². The van der Waals surface area contributed by atoms with E-state index in [2.05, 4.69) is 116 Å². The molecular weight excluding hydrogens is 500 g/mol. The highest BCUT2D eigenvalue weighted by Crippen LogP contribution is 2.36. The first-order chi connectivity index (χ1) is 18.9. The molecule has 0 spiro atoms. The number of hydrogen-bond acceptors (Lipinski definition) is 4. The highest BCUT2D eigenvalue weighted by Gasteiger charge is 2.13. The maximum atomic E-state index is 11.1. The number of nitriles is 1. The first-order valence-corrected chi connectivity index (χ1v) is 13.3. The number of thiophene rings is 1. The first kappa shape index (κ1) is 25.7. The van der Waals surface area contributed by atoms with E-state index in [1.807, 2.05) is 12.1 Å². The van der Waals surface area contributed by atoms with E-state index in [-0.39, 0.29) is 5.57 Å². The fraction of sp³-hybridized carbons (Fsp3) is 0.0588. The third-order valence-electron chi connectivity index (χ3n) is 6.48. The Hall–Kier alpha value is -4.92. The van der Waals surface area contributed by atoms with Gasteiger partial charge in [-0.3, -0.25) is 0 Å². The number of carbonyl (C=O) groups is 1. The van der Waals surface area contributed by atoms with Crippen LogP contribution >= 0.6 is 11.3 Å². The Bertz CT molecular complexity index is 1630. The van der Waals surface area contributed by atoms with E-state index < -0.39 is 5.97 Å². The lowest BCUT2D eigenvalue weighted by Crippen LogP contribution is -2.09. The molecule has 0 amide bonds. The summed E-state index contributed by atoms with van der Waals surface area (Å²) in [4.78, 5) is 15.1. The van der Waals surface area contributed by atoms with Crippen LogP contribution < -0.4 is 4.90 Å². The van der Waals surface area contributed by atoms with Crippen LogP contribution in [-0.4, -0.2) is 11.1 Å². The molecule has 0 aliphatic heterocycles. The molecule has 1 heterocycles. The molecule has 4 aromatic carbocycles. The Labute approximate surface area is 232 Å². The molecule has 0 aliphatic carbocycles. The second kappa shape index (κ2) is 11.2. The quantitative estimate of drug-likeness (QED) is 0.170. The predicted molar refractivity (Wildman–Crippen MR) is 161 cm³/mol. The molecular formula is C34H26N2O2S. The van der Waals surface area contributed by atoms with Gasteiger partial charge >= 0.3 is 5.97 Å². The van der Waals surface area contributed by atoms with Crippen molar-refractivity contribution >= 4 is 40.4 Å². The lowest BCUT2D eigenvalue weighted by atomic mass is 10.0. The van der Waals surface area contributed by atoms with Gasteiger partial charge in [0.2, 0.25) is 0 Å². The number of rotatable bonds is 7. The van der Waals surface area contributed by atoms with E-state index in [0.29, 0.717) is 0 Å². The largest absolute Gasteiger partial charge is 0.477 e. The van der Waals surface area contributed by atoms with E-state index in [9.17, 15) is 4.79 Å². The van der Waals surface area contributed by atoms with E-state index >= 15 is 0 Å². The minimum atomic E-state index is -1.22. The molecule has 1 aromatic heterocycles. The Morgan fingerprint density at radius 2 is 1.13 bits per heavy atom. The van der Waals surface area contributed by atoms with Crippen molar-refractivity contribution in [3.8, 4) is 27.6 Å². The van der Waals surface area contributed by atoms with Crippen molar-refractivity contribution in [1.29, 1.82) is 5.26 Å². The molecule has 0 aliphatic rings. The predicted octanol–water partition coefficient (Wildman–Crippen LogP) is 9.16. The lowest BCUT2D eigenvalue weighted by molar-refractivity contribution is -0.132. The van der Waals surface area contributed by atoms with Crippen molar-refractivity contribution in [2.75, 3.05) is 4.90 Å². The minimum Gasteiger partial charge on any atom is -0.477 e. The van der Waals surface area contributed by atoms with Crippen LogP contribution in [0.1, 0.15) is 16.0 Å². The number of benzene rings is 4. The Kier molecular flexibility index (Phi) is 7.40. The smallest absolute Gasteiger partial charge is 0.346 e. The van der Waals surface area contributed by atoms with Crippen LogP contribution in [-0.2, 0) is 4.79 Å². The molecule has 0 atom stereocenters. The van der Waals surface area contributed by atoms with Crippen LogP contribution in [0.3, 0.4) is 0 Å². The van der Waals surface area contributed by atoms with E-state index in [4.69, 9.17) is 10.4 Å². The van der Waals surface area contributed by atoms with Gasteiger partial charge in [0, 0.05) is 26.8 Å². The molecule has 5 heteroatoms. The van der Waals surface area contributed by atoms with E-state index in [1.54, 1.807) is 6.07 Å². The molecule has 4 nitrogen and oxygen atoms in total. The summed E-state index contributed by atoms with van der Waals surface area (Å²) in [5, 5.41) is 18.1. The van der Waals surface area contributed by atoms with Gasteiger partial charge in [-0.2, -0.15) is 5.26 Å². The van der Waals surface area contributed by atoms with Crippen molar-refractivity contribution in [3.05, 3.63) is 131 Å². The maximum Gasteiger partial charge on any atom is 0.346 e. The summed E-state index contributed by atoms with van der Waals surface area (Å²) >= 11 is 1.46. The van der Waals surface area contributed by atoms with Crippen LogP contribution in [0.4, 0.5) is 17.1 Å². The van der Waals surface area contributed by atoms with Crippen LogP contribution in [0.15, 0.2) is 115 Å². The van der Waals surface area contributed by atoms with Gasteiger partial charge in [-0.15, -0.1) is 11.3 Å². The van der Waals surface area contributed by atoms with Gasteiger partial charge in [-0.1, -0.05) is 71.8 Å². The molecule has 0 unspecified atom stereocenters. The normalized spacial score (nSPS) is 11.2. The molecule has 5 aromatic rings. The standard InChI is InChI=1S/C34H26N2O2S/c1-23-3-13-29(14-4-23)36(30-15-5-24(2)6-16-30)31-17-11-26(12-18-31)25-7-9-27(10-8-25)33-20-19-32(39-33)21-28(22-35)34(37)38/h3-21H,1-2H3,(H,37,38). The third kappa shape index (κ3) is 5.82. The molecule has 1 N–H and O–H groups in total. The second-order valence-electron chi connectivity index (χ2n) is 9.31. The molecule has 0 fully saturated rings. The maximum absolute atomic E-state index is 11.1. The highest BCUT2D eigenvalue weighted by molar-refractivity contribution is 7.16. The minimum absolute atomic E-state index is 0.273. The van der Waals surface area contributed by atoms with Crippen molar-refractivity contribution in [2.24, 2.45) is 0 Å². The second-order valence-corrected chi connectivity index (χ2v) is 10.4. The van der Waals surface area contributed by atoms with Crippen LogP contribution in [0.25, 0.3) is 27.6 Å². The first-order valence-electron chi connectivity index (χ1n) is 12.5. The van der Waals surface area contributed by atoms with Gasteiger partial charge in [0.25, 0.3) is 0 Å². The molecule has 5 rings (SSSR count). The summed E-state index contributed by atoms with van der Waals surface area (Å²) in [6.45, 7) is 4.19. The Morgan fingerprint density at radius 3 is 1.59 bits per heavy atom. The summed E-state index contributed by atoms with van der Waals surface area (Å²) in [5.74, 6) is -1.22. The molecule has 0 saturated carbocycles. The summed E-state index contributed by atoms with van der Waals surface area (Å²) in [6.07, 6.45) is 1.41. The Morgan fingerprint density at radius 1 is 0.692 bits per heavy atom. The average Bonchev–Trinajstić information content (AvgIpc) is 3.43. The van der Waals surface area contributed by atoms with Crippen molar-refractivity contribution < 1.29 is 9.90 Å². The summed E-state index contributed by atoms with van der Waals surface area (Å²) < 4.78 is 0. The van der Waals surface area contributed by atoms with Gasteiger partial charge in [-0.05, 0) is 85.1 Å². The zero-order chi connectivity index (χ0) is 27.4. The van der Waals surface area contributed by atoms with Crippen molar-refractivity contribution in [3.63, 3.8) is 0 Å². The number of aryl methyl sites for hydroxylation is 2. The van der Waals surface area contributed by atoms with Gasteiger partial charge in [-0.25, -0.2) is 4.79 Å². The van der Waals surface area contributed by atoms with Crippen molar-refractivity contribution in [2.45, 2.75) is 13.8 Å². The summed E-state index contributed by atoms with van der Waals surface area (Å²) in [6, 6.07) is 39.5. The lowest BCUT2D eigenvalue weighted by Gasteiger charge is -2.26. The zero-order valence-electron chi connectivity index (χ0n) is 21.6. The number of hydrogen-bond donors (Lipinski definition) is 1. The third-order valence-corrected chi connectivity index (χ3v) is 7.56. The molecule has 0 radical (unpaired) electrons. The highest BCUT2D eigenvalue weighted by atomic mass is 32.1. The zero-order valence-corrected chi connectivity index (χ0v) is 22.4. The number of anilines is 3. The van der Waals surface area contributed by atoms with Crippen molar-refractivity contribution in [1.82, 2.24) is 0 Å². The Balaban J connectivity index is 1.40. The monoisotopic (exact) mass is 526 g/mol. The molecule has 0 bridgehead atoms. The molecule has 190 valence electrons. The number of carboxylic acid groups (broad SMARTS) is 1. The fourth-order valence-electron chi connectivity index (χ4n) is 4.33. The van der Waals surface area contributed by atoms with Crippen LogP contribution in [0, 0.1) is 25.2 Å². The van der Waals surface area contributed by atoms with Gasteiger partial charge in [0.15, 0.2) is 0 Å². The van der Waals surface area contributed by atoms with E-state index in [0.717, 1.165) is 43.5 Å². The number of aliphatic carboxylic acids is 1. The van der Waals surface area contributed by atoms with Gasteiger partial charge in [0.05, 0.1) is 0 Å². The summed E-state index contributed by atoms with van der Waals surface area (Å²) in [5.41, 5.74) is 8.75. The number of nitrogens with zero attached hydrogens (tertiary/aromatic N) is 2.